The molecule has 0 radical (unpaired) electrons. The van der Waals surface area contributed by atoms with Crippen molar-refractivity contribution in [3.63, 3.8) is 0 Å². The normalized spacial score (nSPS) is 11.9. The molecule has 14 rings (SSSR count). The standard InChI is InChI=1S/C64H38N2/c1-3-13-40(14-4-1)58-52-18-9-10-19-53(52)59(41-15-5-2-6-16-41)62-55-33-32-50(51-20-11-21-54(60(51)55)61(58)62)47-27-25-46-38-49(29-26-45(46)36-47)57-35-31-43-24-23-42-30-34-56(65-63(42)64(43)66-57)48-28-22-39-12-7-8-17-44(39)37-48/h1-38H. The third kappa shape index (κ3) is 5.62. The van der Waals surface area contributed by atoms with E-state index in [4.69, 9.17) is 9.97 Å². The van der Waals surface area contributed by atoms with Gasteiger partial charge in [0.2, 0.25) is 0 Å². The highest BCUT2D eigenvalue weighted by atomic mass is 14.8. The van der Waals surface area contributed by atoms with Crippen molar-refractivity contribution in [2.75, 3.05) is 0 Å². The van der Waals surface area contributed by atoms with Crippen molar-refractivity contribution < 1.29 is 0 Å². The Hall–Kier alpha value is -8.72. The van der Waals surface area contributed by atoms with Gasteiger partial charge in [0.05, 0.1) is 22.4 Å². The maximum atomic E-state index is 5.31. The van der Waals surface area contributed by atoms with Gasteiger partial charge in [-0.1, -0.05) is 200 Å². The fourth-order valence-electron chi connectivity index (χ4n) is 10.9. The van der Waals surface area contributed by atoms with Crippen molar-refractivity contribution >= 4 is 64.9 Å². The van der Waals surface area contributed by atoms with Crippen molar-refractivity contribution in [2.24, 2.45) is 0 Å². The van der Waals surface area contributed by atoms with Crippen LogP contribution in [0.15, 0.2) is 231 Å². The number of benzene rings is 11. The Kier molecular flexibility index (Phi) is 8.02. The third-order valence-electron chi connectivity index (χ3n) is 13.9. The fraction of sp³-hybridized carbons (Fsp3) is 0. The smallest absolute Gasteiger partial charge is 0.0972 e. The first kappa shape index (κ1) is 36.7. The number of nitrogens with zero attached hydrogens (tertiary/aromatic N) is 2. The summed E-state index contributed by atoms with van der Waals surface area (Å²) in [6.45, 7) is 0. The highest BCUT2D eigenvalue weighted by molar-refractivity contribution is 6.29. The second-order valence-corrected chi connectivity index (χ2v) is 17.6. The Morgan fingerprint density at radius 1 is 0.227 bits per heavy atom. The van der Waals surface area contributed by atoms with E-state index < -0.39 is 0 Å². The predicted molar refractivity (Wildman–Crippen MR) is 279 cm³/mol. The number of rotatable bonds is 5. The zero-order valence-electron chi connectivity index (χ0n) is 35.8. The van der Waals surface area contributed by atoms with Gasteiger partial charge in [0.25, 0.3) is 0 Å². The molecule has 2 nitrogen and oxygen atoms in total. The SMILES string of the molecule is c1ccc(-c2c3c(c(-c4ccccc4)c4ccccc24)-c2ccc(-c4ccc5cc(-c6ccc7ccc8ccc(-c9ccc%10ccccc%10c9)nc8c7n6)ccc5c4)c4cccc-3c24)cc1. The molecule has 304 valence electrons. The molecule has 0 saturated heterocycles. The first-order valence-electron chi connectivity index (χ1n) is 22.7. The Bertz CT molecular complexity index is 4060. The minimum absolute atomic E-state index is 0.914. The molecule has 11 aromatic carbocycles. The lowest BCUT2D eigenvalue weighted by Crippen LogP contribution is -1.93. The number of hydrogen-bond donors (Lipinski definition) is 0. The quantitative estimate of drug-likeness (QED) is 0.161. The van der Waals surface area contributed by atoms with Crippen molar-refractivity contribution in [3.8, 4) is 78.1 Å². The summed E-state index contributed by atoms with van der Waals surface area (Å²) in [6, 6.07) is 84.1. The summed E-state index contributed by atoms with van der Waals surface area (Å²) < 4.78 is 0. The van der Waals surface area contributed by atoms with Crippen LogP contribution in [0.5, 0.6) is 0 Å². The molecule has 1 aliphatic carbocycles. The van der Waals surface area contributed by atoms with Gasteiger partial charge in [0, 0.05) is 21.9 Å². The minimum atomic E-state index is 0.914. The van der Waals surface area contributed by atoms with Gasteiger partial charge >= 0.3 is 0 Å². The summed E-state index contributed by atoms with van der Waals surface area (Å²) >= 11 is 0. The lowest BCUT2D eigenvalue weighted by atomic mass is 9.82. The molecule has 2 heterocycles. The molecular formula is C64H38N2. The van der Waals surface area contributed by atoms with Crippen LogP contribution in [0.1, 0.15) is 0 Å². The molecule has 0 aliphatic heterocycles. The minimum Gasteiger partial charge on any atom is -0.245 e. The molecule has 13 aromatic rings. The molecule has 2 heteroatoms. The highest BCUT2D eigenvalue weighted by Gasteiger charge is 2.31. The van der Waals surface area contributed by atoms with Crippen LogP contribution < -0.4 is 0 Å². The van der Waals surface area contributed by atoms with Gasteiger partial charge in [-0.25, -0.2) is 9.97 Å². The van der Waals surface area contributed by atoms with Crippen molar-refractivity contribution in [1.82, 2.24) is 9.97 Å². The van der Waals surface area contributed by atoms with Crippen LogP contribution >= 0.6 is 0 Å². The zero-order chi connectivity index (χ0) is 43.3. The van der Waals surface area contributed by atoms with E-state index >= 15 is 0 Å². The molecular weight excluding hydrogens is 797 g/mol. The molecule has 0 atom stereocenters. The molecule has 0 saturated carbocycles. The Labute approximate surface area is 381 Å². The van der Waals surface area contributed by atoms with Crippen molar-refractivity contribution in [1.29, 1.82) is 0 Å². The Morgan fingerprint density at radius 2 is 0.652 bits per heavy atom. The number of fused-ring (bicyclic) bond motifs is 9. The number of pyridine rings is 2. The molecule has 1 aliphatic rings. The van der Waals surface area contributed by atoms with Crippen LogP contribution in [0.2, 0.25) is 0 Å². The molecule has 0 unspecified atom stereocenters. The van der Waals surface area contributed by atoms with Crippen LogP contribution in [-0.2, 0) is 0 Å². The maximum Gasteiger partial charge on any atom is 0.0972 e. The van der Waals surface area contributed by atoms with Crippen LogP contribution in [-0.4, -0.2) is 9.97 Å². The molecule has 0 fully saturated rings. The van der Waals surface area contributed by atoms with Crippen LogP contribution in [0.25, 0.3) is 143 Å². The van der Waals surface area contributed by atoms with E-state index in [1.165, 1.54) is 98.7 Å². The van der Waals surface area contributed by atoms with Crippen LogP contribution in [0.4, 0.5) is 0 Å². The average molecular weight is 835 g/mol. The fourth-order valence-corrected chi connectivity index (χ4v) is 10.9. The summed E-state index contributed by atoms with van der Waals surface area (Å²) in [6.07, 6.45) is 0. The van der Waals surface area contributed by atoms with E-state index in [2.05, 4.69) is 231 Å². The van der Waals surface area contributed by atoms with Gasteiger partial charge in [-0.05, 0) is 129 Å². The largest absolute Gasteiger partial charge is 0.245 e. The molecule has 2 aromatic heterocycles. The van der Waals surface area contributed by atoms with Gasteiger partial charge in [-0.15, -0.1) is 0 Å². The average Bonchev–Trinajstić information content (AvgIpc) is 3.72. The lowest BCUT2D eigenvalue weighted by Gasteiger charge is -2.20. The molecule has 0 spiro atoms. The summed E-state index contributed by atoms with van der Waals surface area (Å²) in [5.41, 5.74) is 18.6. The Balaban J connectivity index is 0.881. The van der Waals surface area contributed by atoms with E-state index in [0.29, 0.717) is 0 Å². The van der Waals surface area contributed by atoms with Crippen molar-refractivity contribution in [3.05, 3.63) is 231 Å². The van der Waals surface area contributed by atoms with Gasteiger partial charge in [-0.3, -0.25) is 0 Å². The highest BCUT2D eigenvalue weighted by Crippen LogP contribution is 2.58. The second-order valence-electron chi connectivity index (χ2n) is 17.6. The molecule has 0 amide bonds. The van der Waals surface area contributed by atoms with E-state index in [1.54, 1.807) is 0 Å². The van der Waals surface area contributed by atoms with E-state index in [0.717, 1.165) is 44.3 Å². The van der Waals surface area contributed by atoms with Gasteiger partial charge in [0.15, 0.2) is 0 Å². The monoisotopic (exact) mass is 834 g/mol. The summed E-state index contributed by atoms with van der Waals surface area (Å²) in [4.78, 5) is 10.5. The van der Waals surface area contributed by atoms with Gasteiger partial charge < -0.3 is 0 Å². The predicted octanol–water partition coefficient (Wildman–Crippen LogP) is 17.4. The van der Waals surface area contributed by atoms with Gasteiger partial charge in [-0.2, -0.15) is 0 Å². The first-order valence-corrected chi connectivity index (χ1v) is 22.7. The Morgan fingerprint density at radius 3 is 1.26 bits per heavy atom. The lowest BCUT2D eigenvalue weighted by molar-refractivity contribution is 1.37. The third-order valence-corrected chi connectivity index (χ3v) is 13.9. The van der Waals surface area contributed by atoms with Crippen LogP contribution in [0.3, 0.4) is 0 Å². The molecule has 0 bridgehead atoms. The van der Waals surface area contributed by atoms with E-state index in [1.807, 2.05) is 0 Å². The molecule has 0 N–H and O–H groups in total. The van der Waals surface area contributed by atoms with Gasteiger partial charge in [0.1, 0.15) is 0 Å². The number of hydrogen-bond acceptors (Lipinski definition) is 2. The first-order chi connectivity index (χ1) is 32.7. The van der Waals surface area contributed by atoms with E-state index in [-0.39, 0.29) is 0 Å². The second kappa shape index (κ2) is 14.4. The summed E-state index contributed by atoms with van der Waals surface area (Å²) in [5, 5.41) is 12.1. The summed E-state index contributed by atoms with van der Waals surface area (Å²) in [5.74, 6) is 0. The zero-order valence-corrected chi connectivity index (χ0v) is 35.8. The molecule has 66 heavy (non-hydrogen) atoms. The maximum absolute atomic E-state index is 5.31. The topological polar surface area (TPSA) is 25.8 Å². The van der Waals surface area contributed by atoms with Crippen LogP contribution in [0, 0.1) is 0 Å². The summed E-state index contributed by atoms with van der Waals surface area (Å²) in [7, 11) is 0. The number of aromatic nitrogens is 2. The van der Waals surface area contributed by atoms with Crippen molar-refractivity contribution in [2.45, 2.75) is 0 Å². The van der Waals surface area contributed by atoms with E-state index in [9.17, 15) is 0 Å².